The Labute approximate surface area is 104 Å². The molecule has 6 nitrogen and oxygen atoms in total. The van der Waals surface area contributed by atoms with Gasteiger partial charge in [0.1, 0.15) is 5.56 Å². The van der Waals surface area contributed by atoms with Crippen LogP contribution in [-0.2, 0) is 6.18 Å². The van der Waals surface area contributed by atoms with Crippen molar-refractivity contribution in [3.8, 4) is 5.82 Å². The maximum atomic E-state index is 12.9. The van der Waals surface area contributed by atoms with Crippen LogP contribution in [0.15, 0.2) is 18.3 Å². The molecule has 0 amide bonds. The fraction of sp³-hybridized carbons (Fsp3) is 0.200. The molecule has 19 heavy (non-hydrogen) atoms. The van der Waals surface area contributed by atoms with Crippen LogP contribution in [0, 0.1) is 6.92 Å². The number of aromatic nitrogens is 4. The van der Waals surface area contributed by atoms with Gasteiger partial charge in [-0.2, -0.15) is 23.4 Å². The maximum Gasteiger partial charge on any atom is 0.434 e. The molecular weight excluding hydrogens is 265 g/mol. The quantitative estimate of drug-likeness (QED) is 0.899. The zero-order valence-electron chi connectivity index (χ0n) is 9.51. The van der Waals surface area contributed by atoms with E-state index in [4.69, 9.17) is 5.11 Å². The van der Waals surface area contributed by atoms with Gasteiger partial charge >= 0.3 is 12.1 Å². The Kier molecular flexibility index (Phi) is 2.97. The first-order chi connectivity index (χ1) is 8.80. The van der Waals surface area contributed by atoms with E-state index in [0.29, 0.717) is 16.6 Å². The van der Waals surface area contributed by atoms with E-state index >= 15 is 0 Å². The molecule has 0 aliphatic carbocycles. The van der Waals surface area contributed by atoms with E-state index < -0.39 is 23.4 Å². The van der Waals surface area contributed by atoms with Crippen LogP contribution in [0.3, 0.4) is 0 Å². The van der Waals surface area contributed by atoms with E-state index in [2.05, 4.69) is 15.3 Å². The molecule has 9 heteroatoms. The lowest BCUT2D eigenvalue weighted by Crippen LogP contribution is -2.18. The number of carbonyl (C=O) groups is 1. The molecule has 2 rings (SSSR count). The maximum absolute atomic E-state index is 12.9. The number of rotatable bonds is 2. The van der Waals surface area contributed by atoms with Crippen LogP contribution in [0.2, 0.25) is 0 Å². The van der Waals surface area contributed by atoms with Crippen LogP contribution in [-0.4, -0.2) is 31.1 Å². The normalized spacial score (nSPS) is 11.6. The van der Waals surface area contributed by atoms with Crippen LogP contribution in [0.4, 0.5) is 13.2 Å². The second-order valence-electron chi connectivity index (χ2n) is 3.65. The largest absolute Gasteiger partial charge is 0.478 e. The molecule has 0 aromatic carbocycles. The van der Waals surface area contributed by atoms with E-state index in [9.17, 15) is 18.0 Å². The van der Waals surface area contributed by atoms with Crippen molar-refractivity contribution in [1.29, 1.82) is 0 Å². The van der Waals surface area contributed by atoms with Crippen LogP contribution in [0.25, 0.3) is 5.82 Å². The molecule has 0 bridgehead atoms. The molecule has 2 aromatic rings. The number of carboxylic acids is 1. The highest BCUT2D eigenvalue weighted by Crippen LogP contribution is 2.33. The molecule has 0 spiro atoms. The summed E-state index contributed by atoms with van der Waals surface area (Å²) in [7, 11) is 0. The molecule has 0 saturated heterocycles. The number of carboxylic acid groups (broad SMARTS) is 1. The third-order valence-corrected chi connectivity index (χ3v) is 2.27. The summed E-state index contributed by atoms with van der Waals surface area (Å²) < 4.78 is 39.1. The van der Waals surface area contributed by atoms with Crippen molar-refractivity contribution in [2.75, 3.05) is 0 Å². The van der Waals surface area contributed by atoms with Crippen molar-refractivity contribution < 1.29 is 23.1 Å². The van der Waals surface area contributed by atoms with Gasteiger partial charge < -0.3 is 5.11 Å². The third-order valence-electron chi connectivity index (χ3n) is 2.27. The van der Waals surface area contributed by atoms with Gasteiger partial charge in [0, 0.05) is 0 Å². The molecule has 0 aliphatic rings. The first-order valence-electron chi connectivity index (χ1n) is 5.00. The Morgan fingerprint density at radius 3 is 2.47 bits per heavy atom. The van der Waals surface area contributed by atoms with Crippen molar-refractivity contribution in [2.45, 2.75) is 13.1 Å². The topological polar surface area (TPSA) is 80.9 Å². The lowest BCUT2D eigenvalue weighted by atomic mass is 10.2. The Hall–Kier alpha value is -2.45. The van der Waals surface area contributed by atoms with Crippen LogP contribution in [0.1, 0.15) is 21.7 Å². The molecule has 0 radical (unpaired) electrons. The van der Waals surface area contributed by atoms with E-state index in [-0.39, 0.29) is 5.82 Å². The second kappa shape index (κ2) is 4.34. The fourth-order valence-electron chi connectivity index (χ4n) is 1.46. The highest BCUT2D eigenvalue weighted by atomic mass is 19.4. The highest BCUT2D eigenvalue weighted by Gasteiger charge is 2.41. The zero-order valence-corrected chi connectivity index (χ0v) is 9.51. The Morgan fingerprint density at radius 1 is 1.32 bits per heavy atom. The summed E-state index contributed by atoms with van der Waals surface area (Å²) in [5, 5.41) is 19.3. The van der Waals surface area contributed by atoms with Crippen molar-refractivity contribution in [1.82, 2.24) is 20.0 Å². The van der Waals surface area contributed by atoms with E-state index in [1.165, 1.54) is 12.1 Å². The monoisotopic (exact) mass is 272 g/mol. The summed E-state index contributed by atoms with van der Waals surface area (Å²) in [6.45, 7) is 1.62. The van der Waals surface area contributed by atoms with Gasteiger partial charge in [-0.1, -0.05) is 0 Å². The molecule has 0 aliphatic heterocycles. The molecule has 0 fully saturated rings. The third kappa shape index (κ3) is 2.39. The molecule has 100 valence electrons. The molecule has 0 unspecified atom stereocenters. The van der Waals surface area contributed by atoms with Crippen LogP contribution >= 0.6 is 0 Å². The lowest BCUT2D eigenvalue weighted by molar-refractivity contribution is -0.143. The summed E-state index contributed by atoms with van der Waals surface area (Å²) in [6.07, 6.45) is -4.23. The predicted molar refractivity (Wildman–Crippen MR) is 55.9 cm³/mol. The average Bonchev–Trinajstić information content (AvgIpc) is 2.74. The van der Waals surface area contributed by atoms with Crippen LogP contribution in [0.5, 0.6) is 0 Å². The Bertz CT molecular complexity index is 619. The number of alkyl halides is 3. The standard InChI is InChI=1S/C10H7F3N4O2/c1-5-2-3-7(16-15-5)17-8(10(11,12)13)6(4-14-17)9(18)19/h2-4H,1H3,(H,18,19). The van der Waals surface area contributed by atoms with E-state index in [0.717, 1.165) is 0 Å². The van der Waals surface area contributed by atoms with Crippen molar-refractivity contribution in [2.24, 2.45) is 0 Å². The molecule has 1 N–H and O–H groups in total. The van der Waals surface area contributed by atoms with E-state index in [1.54, 1.807) is 6.92 Å². The van der Waals surface area contributed by atoms with Crippen molar-refractivity contribution in [3.63, 3.8) is 0 Å². The van der Waals surface area contributed by atoms with Gasteiger partial charge in [0.15, 0.2) is 11.5 Å². The first kappa shape index (κ1) is 13.0. The molecular formula is C10H7F3N4O2. The molecule has 2 aromatic heterocycles. The zero-order chi connectivity index (χ0) is 14.2. The number of aromatic carboxylic acids is 1. The summed E-state index contributed by atoms with van der Waals surface area (Å²) in [6, 6.07) is 2.72. The fourth-order valence-corrected chi connectivity index (χ4v) is 1.46. The van der Waals surface area contributed by atoms with Gasteiger partial charge in [-0.25, -0.2) is 9.48 Å². The van der Waals surface area contributed by atoms with Crippen molar-refractivity contribution >= 4 is 5.97 Å². The molecule has 0 saturated carbocycles. The van der Waals surface area contributed by atoms with Gasteiger partial charge in [-0.3, -0.25) is 0 Å². The van der Waals surface area contributed by atoms with Gasteiger partial charge in [-0.15, -0.1) is 5.10 Å². The molecule has 2 heterocycles. The number of nitrogens with zero attached hydrogens (tertiary/aromatic N) is 4. The minimum Gasteiger partial charge on any atom is -0.478 e. The number of aryl methyl sites for hydroxylation is 1. The SMILES string of the molecule is Cc1ccc(-n2ncc(C(=O)O)c2C(F)(F)F)nn1. The van der Waals surface area contributed by atoms with Gasteiger partial charge in [0.05, 0.1) is 11.9 Å². The highest BCUT2D eigenvalue weighted by molar-refractivity contribution is 5.89. The Balaban J connectivity index is 2.64. The summed E-state index contributed by atoms with van der Waals surface area (Å²) in [5.41, 5.74) is -1.81. The van der Waals surface area contributed by atoms with Crippen LogP contribution < -0.4 is 0 Å². The predicted octanol–water partition coefficient (Wildman–Crippen LogP) is 1.69. The van der Waals surface area contributed by atoms with Gasteiger partial charge in [0.25, 0.3) is 0 Å². The summed E-state index contributed by atoms with van der Waals surface area (Å²) in [5.74, 6) is -1.91. The number of hydrogen-bond donors (Lipinski definition) is 1. The summed E-state index contributed by atoms with van der Waals surface area (Å²) >= 11 is 0. The summed E-state index contributed by atoms with van der Waals surface area (Å²) in [4.78, 5) is 10.8. The smallest absolute Gasteiger partial charge is 0.434 e. The lowest BCUT2D eigenvalue weighted by Gasteiger charge is -2.10. The number of hydrogen-bond acceptors (Lipinski definition) is 4. The Morgan fingerprint density at radius 2 is 2.00 bits per heavy atom. The number of halogens is 3. The van der Waals surface area contributed by atoms with E-state index in [1.807, 2.05) is 0 Å². The van der Waals surface area contributed by atoms with Gasteiger partial charge in [0.2, 0.25) is 0 Å². The van der Waals surface area contributed by atoms with Crippen molar-refractivity contribution in [3.05, 3.63) is 35.3 Å². The van der Waals surface area contributed by atoms with Gasteiger partial charge in [-0.05, 0) is 19.1 Å². The second-order valence-corrected chi connectivity index (χ2v) is 3.65. The first-order valence-corrected chi connectivity index (χ1v) is 5.00. The minimum absolute atomic E-state index is 0.203. The minimum atomic E-state index is -4.86. The average molecular weight is 272 g/mol. The molecule has 0 atom stereocenters.